The standard InChI is InChI=1S/C12H17N5O3S/c1-5-15-10(13-2)7-11(16-5)17(4-14-7)12-9(21)8(19)6(3-18)20-12/h4,6,8-9,12,18-19,21H,3H2,1-2H3,(H,13,15,16)/t6-,8-,9-,12-/m1/s1. The van der Waals surface area contributed by atoms with Crippen molar-refractivity contribution in [1.29, 1.82) is 0 Å². The summed E-state index contributed by atoms with van der Waals surface area (Å²) < 4.78 is 7.38. The molecular weight excluding hydrogens is 294 g/mol. The number of hydrogen-bond donors (Lipinski definition) is 4. The van der Waals surface area contributed by atoms with E-state index in [4.69, 9.17) is 4.74 Å². The molecule has 0 amide bonds. The van der Waals surface area contributed by atoms with Crippen LogP contribution in [0.15, 0.2) is 6.33 Å². The van der Waals surface area contributed by atoms with Crippen LogP contribution in [0.2, 0.25) is 0 Å². The lowest BCUT2D eigenvalue weighted by Crippen LogP contribution is -2.30. The smallest absolute Gasteiger partial charge is 0.167 e. The highest BCUT2D eigenvalue weighted by molar-refractivity contribution is 7.81. The normalized spacial score (nSPS) is 29.2. The molecule has 3 rings (SSSR count). The summed E-state index contributed by atoms with van der Waals surface area (Å²) in [6.45, 7) is 1.52. The van der Waals surface area contributed by atoms with E-state index in [1.165, 1.54) is 0 Å². The highest BCUT2D eigenvalue weighted by Gasteiger charge is 2.43. The van der Waals surface area contributed by atoms with Gasteiger partial charge in [0.25, 0.3) is 0 Å². The van der Waals surface area contributed by atoms with Crippen molar-refractivity contribution in [3.05, 3.63) is 12.2 Å². The molecule has 3 heterocycles. The van der Waals surface area contributed by atoms with E-state index >= 15 is 0 Å². The van der Waals surface area contributed by atoms with Crippen molar-refractivity contribution in [2.24, 2.45) is 0 Å². The second-order valence-electron chi connectivity index (χ2n) is 4.92. The molecule has 0 unspecified atom stereocenters. The molecule has 0 aromatic carbocycles. The van der Waals surface area contributed by atoms with Crippen LogP contribution in [-0.2, 0) is 4.74 Å². The fourth-order valence-electron chi connectivity index (χ4n) is 2.50. The predicted molar refractivity (Wildman–Crippen MR) is 79.4 cm³/mol. The first kappa shape index (κ1) is 14.5. The van der Waals surface area contributed by atoms with Gasteiger partial charge in [-0.1, -0.05) is 0 Å². The molecule has 0 saturated carbocycles. The molecule has 1 fully saturated rings. The van der Waals surface area contributed by atoms with Crippen LogP contribution in [0.5, 0.6) is 0 Å². The third kappa shape index (κ3) is 2.26. The minimum absolute atomic E-state index is 0.267. The van der Waals surface area contributed by atoms with Gasteiger partial charge in [0, 0.05) is 7.05 Å². The summed E-state index contributed by atoms with van der Waals surface area (Å²) >= 11 is 4.39. The van der Waals surface area contributed by atoms with Gasteiger partial charge in [0.2, 0.25) is 0 Å². The van der Waals surface area contributed by atoms with Gasteiger partial charge >= 0.3 is 0 Å². The van der Waals surface area contributed by atoms with E-state index in [-0.39, 0.29) is 6.61 Å². The summed E-state index contributed by atoms with van der Waals surface area (Å²) in [5.41, 5.74) is 1.22. The molecule has 1 aliphatic rings. The van der Waals surface area contributed by atoms with E-state index in [0.717, 1.165) is 0 Å². The highest BCUT2D eigenvalue weighted by Crippen LogP contribution is 2.35. The average Bonchev–Trinajstić information content (AvgIpc) is 3.01. The lowest BCUT2D eigenvalue weighted by molar-refractivity contribution is -0.0430. The van der Waals surface area contributed by atoms with Crippen LogP contribution in [0.4, 0.5) is 5.82 Å². The van der Waals surface area contributed by atoms with Crippen LogP contribution < -0.4 is 5.32 Å². The van der Waals surface area contributed by atoms with Crippen LogP contribution in [0.3, 0.4) is 0 Å². The maximum Gasteiger partial charge on any atom is 0.167 e. The molecule has 0 bridgehead atoms. The first-order valence-corrected chi connectivity index (χ1v) is 7.09. The minimum atomic E-state index is -0.854. The van der Waals surface area contributed by atoms with Crippen LogP contribution >= 0.6 is 12.6 Å². The third-order valence-electron chi connectivity index (χ3n) is 3.56. The summed E-state index contributed by atoms with van der Waals surface area (Å²) in [5.74, 6) is 1.23. The van der Waals surface area contributed by atoms with Gasteiger partial charge in [0.15, 0.2) is 23.2 Å². The Morgan fingerprint density at radius 2 is 2.24 bits per heavy atom. The Kier molecular flexibility index (Phi) is 3.74. The summed E-state index contributed by atoms with van der Waals surface area (Å²) in [5, 5.41) is 21.7. The summed E-state index contributed by atoms with van der Waals surface area (Å²) in [7, 11) is 1.76. The Morgan fingerprint density at radius 1 is 1.48 bits per heavy atom. The predicted octanol–water partition coefficient (Wildman–Crippen LogP) is -0.275. The van der Waals surface area contributed by atoms with E-state index in [0.29, 0.717) is 22.8 Å². The van der Waals surface area contributed by atoms with Gasteiger partial charge in [-0.3, -0.25) is 4.57 Å². The lowest BCUT2D eigenvalue weighted by Gasteiger charge is -2.17. The first-order valence-electron chi connectivity index (χ1n) is 6.58. The van der Waals surface area contributed by atoms with Crippen molar-refractivity contribution >= 4 is 29.6 Å². The van der Waals surface area contributed by atoms with Crippen molar-refractivity contribution in [3.63, 3.8) is 0 Å². The van der Waals surface area contributed by atoms with Gasteiger partial charge in [0.1, 0.15) is 11.9 Å². The number of nitrogens with one attached hydrogen (secondary N) is 1. The summed E-state index contributed by atoms with van der Waals surface area (Å²) in [6.07, 6.45) is -0.487. The number of anilines is 1. The second-order valence-corrected chi connectivity index (χ2v) is 5.52. The zero-order chi connectivity index (χ0) is 15.1. The van der Waals surface area contributed by atoms with E-state index in [2.05, 4.69) is 32.9 Å². The molecule has 4 atom stereocenters. The third-order valence-corrected chi connectivity index (χ3v) is 4.12. The first-order chi connectivity index (χ1) is 10.1. The monoisotopic (exact) mass is 311 g/mol. The highest BCUT2D eigenvalue weighted by atomic mass is 32.1. The zero-order valence-corrected chi connectivity index (χ0v) is 12.5. The number of aliphatic hydroxyl groups is 2. The molecule has 2 aromatic rings. The van der Waals surface area contributed by atoms with E-state index in [1.807, 2.05) is 0 Å². The Bertz CT molecular complexity index is 664. The largest absolute Gasteiger partial charge is 0.394 e. The number of aromatic nitrogens is 4. The number of thiol groups is 1. The van der Waals surface area contributed by atoms with E-state index in [1.54, 1.807) is 24.9 Å². The number of aliphatic hydroxyl groups excluding tert-OH is 2. The average molecular weight is 311 g/mol. The fourth-order valence-corrected chi connectivity index (χ4v) is 2.90. The molecule has 8 nitrogen and oxygen atoms in total. The maximum absolute atomic E-state index is 10.0. The molecule has 2 aromatic heterocycles. The van der Waals surface area contributed by atoms with Crippen LogP contribution in [0, 0.1) is 6.92 Å². The SMILES string of the molecule is CNc1nc(C)nc2c1ncn2[C@@H]1O[C@H](CO)[C@@H](O)[C@H]1S. The van der Waals surface area contributed by atoms with Gasteiger partial charge in [0.05, 0.1) is 24.3 Å². The molecule has 1 aliphatic heterocycles. The minimum Gasteiger partial charge on any atom is -0.394 e. The molecule has 0 spiro atoms. The molecule has 0 aliphatic carbocycles. The fraction of sp³-hybridized carbons (Fsp3) is 0.583. The Morgan fingerprint density at radius 3 is 2.86 bits per heavy atom. The maximum atomic E-state index is 10.0. The summed E-state index contributed by atoms with van der Waals surface area (Å²) in [4.78, 5) is 13.0. The molecule has 1 saturated heterocycles. The van der Waals surface area contributed by atoms with Gasteiger partial charge in [-0.05, 0) is 6.92 Å². The van der Waals surface area contributed by atoms with Gasteiger partial charge in [-0.15, -0.1) is 0 Å². The number of aryl methyl sites for hydroxylation is 1. The van der Waals surface area contributed by atoms with Crippen molar-refractivity contribution in [2.75, 3.05) is 19.0 Å². The molecule has 21 heavy (non-hydrogen) atoms. The van der Waals surface area contributed by atoms with Crippen LogP contribution in [0.25, 0.3) is 11.2 Å². The van der Waals surface area contributed by atoms with Crippen molar-refractivity contribution in [3.8, 4) is 0 Å². The Labute approximate surface area is 126 Å². The molecule has 0 radical (unpaired) electrons. The van der Waals surface area contributed by atoms with Crippen LogP contribution in [-0.4, -0.2) is 60.8 Å². The molecular formula is C12H17N5O3S. The number of imidazole rings is 1. The van der Waals surface area contributed by atoms with Crippen molar-refractivity contribution < 1.29 is 14.9 Å². The van der Waals surface area contributed by atoms with Crippen molar-refractivity contribution in [2.45, 2.75) is 30.6 Å². The number of fused-ring (bicyclic) bond motifs is 1. The zero-order valence-electron chi connectivity index (χ0n) is 11.6. The summed E-state index contributed by atoms with van der Waals surface area (Å²) in [6, 6.07) is 0. The second kappa shape index (κ2) is 5.41. The van der Waals surface area contributed by atoms with Gasteiger partial charge in [-0.2, -0.15) is 12.6 Å². The molecule has 114 valence electrons. The Balaban J connectivity index is 2.07. The number of rotatable bonds is 3. The van der Waals surface area contributed by atoms with Gasteiger partial charge in [-0.25, -0.2) is 15.0 Å². The lowest BCUT2D eigenvalue weighted by atomic mass is 10.2. The van der Waals surface area contributed by atoms with Gasteiger partial charge < -0.3 is 20.3 Å². The quantitative estimate of drug-likeness (QED) is 0.578. The number of ether oxygens (including phenoxy) is 1. The topological polar surface area (TPSA) is 105 Å². The van der Waals surface area contributed by atoms with E-state index in [9.17, 15) is 10.2 Å². The number of hydrogen-bond acceptors (Lipinski definition) is 8. The van der Waals surface area contributed by atoms with Crippen LogP contribution in [0.1, 0.15) is 12.1 Å². The molecule has 9 heteroatoms. The Hall–Kier alpha value is -1.42. The van der Waals surface area contributed by atoms with Crippen molar-refractivity contribution in [1.82, 2.24) is 19.5 Å². The molecule has 3 N–H and O–H groups in total. The number of nitrogens with zero attached hydrogens (tertiary/aromatic N) is 4. The van der Waals surface area contributed by atoms with E-state index < -0.39 is 23.7 Å².